The average Bonchev–Trinajstić information content (AvgIpc) is 3.24. The monoisotopic (exact) mass is 357 g/mol. The van der Waals surface area contributed by atoms with Gasteiger partial charge in [-0.3, -0.25) is 19.4 Å². The number of H-pyrrole nitrogens is 1. The van der Waals surface area contributed by atoms with E-state index in [-0.39, 0.29) is 11.9 Å². The second kappa shape index (κ2) is 7.09. The summed E-state index contributed by atoms with van der Waals surface area (Å²) >= 11 is 5.29. The highest BCUT2D eigenvalue weighted by Crippen LogP contribution is 2.35. The number of carbonyl (C=O) groups is 1. The maximum Gasteiger partial charge on any atom is 0.237 e. The second-order valence-electron chi connectivity index (χ2n) is 6.88. The Hall–Kier alpha value is -1.99. The van der Waals surface area contributed by atoms with Crippen molar-refractivity contribution < 1.29 is 4.79 Å². The van der Waals surface area contributed by atoms with Crippen molar-refractivity contribution in [2.24, 2.45) is 0 Å². The lowest BCUT2D eigenvalue weighted by molar-refractivity contribution is -0.125. The van der Waals surface area contributed by atoms with Crippen molar-refractivity contribution in [1.82, 2.24) is 25.0 Å². The molecule has 132 valence electrons. The highest BCUT2D eigenvalue weighted by molar-refractivity contribution is 7.71. The van der Waals surface area contributed by atoms with E-state index in [4.69, 9.17) is 12.2 Å². The van der Waals surface area contributed by atoms with Gasteiger partial charge in [-0.15, -0.1) is 0 Å². The number of carbonyl (C=O) groups excluding carboxylic acids is 1. The van der Waals surface area contributed by atoms with Crippen LogP contribution >= 0.6 is 12.2 Å². The van der Waals surface area contributed by atoms with E-state index < -0.39 is 0 Å². The molecule has 1 atom stereocenters. The predicted molar refractivity (Wildman–Crippen MR) is 97.4 cm³/mol. The molecule has 1 aromatic heterocycles. The first-order chi connectivity index (χ1) is 12.2. The van der Waals surface area contributed by atoms with E-state index in [1.54, 1.807) is 0 Å². The van der Waals surface area contributed by atoms with Crippen LogP contribution in [0.4, 0.5) is 0 Å². The van der Waals surface area contributed by atoms with E-state index >= 15 is 0 Å². The normalized spacial score (nSPS) is 20.7. The van der Waals surface area contributed by atoms with E-state index in [0.717, 1.165) is 44.6 Å². The minimum atomic E-state index is -0.0588. The third kappa shape index (κ3) is 3.67. The Morgan fingerprint density at radius 3 is 2.84 bits per heavy atom. The molecule has 1 aliphatic carbocycles. The Labute approximate surface area is 152 Å². The van der Waals surface area contributed by atoms with Crippen molar-refractivity contribution in [1.29, 1.82) is 0 Å². The van der Waals surface area contributed by atoms with E-state index in [9.17, 15) is 4.79 Å². The van der Waals surface area contributed by atoms with Crippen molar-refractivity contribution in [2.45, 2.75) is 50.9 Å². The summed E-state index contributed by atoms with van der Waals surface area (Å²) in [7, 11) is 0. The molecular weight excluding hydrogens is 334 g/mol. The Balaban J connectivity index is 1.38. The third-order valence-corrected chi connectivity index (χ3v) is 5.29. The third-order valence-electron chi connectivity index (χ3n) is 5.01. The number of hydrogen-bond acceptors (Lipinski definition) is 4. The lowest BCUT2D eigenvalue weighted by Gasteiger charge is -2.23. The van der Waals surface area contributed by atoms with Gasteiger partial charge in [-0.2, -0.15) is 5.10 Å². The number of amides is 1. The first kappa shape index (κ1) is 16.5. The van der Waals surface area contributed by atoms with Gasteiger partial charge < -0.3 is 5.32 Å². The molecule has 4 rings (SSSR count). The van der Waals surface area contributed by atoms with Gasteiger partial charge in [0.1, 0.15) is 0 Å². The molecule has 7 heteroatoms. The Bertz CT molecular complexity index is 795. The molecule has 2 aliphatic rings. The number of benzene rings is 1. The molecule has 1 amide bonds. The van der Waals surface area contributed by atoms with Gasteiger partial charge >= 0.3 is 0 Å². The van der Waals surface area contributed by atoms with E-state index in [0.29, 0.717) is 17.4 Å². The summed E-state index contributed by atoms with van der Waals surface area (Å²) in [6.45, 7) is 2.21. The zero-order chi connectivity index (χ0) is 17.2. The molecule has 2 N–H and O–H groups in total. The van der Waals surface area contributed by atoms with Gasteiger partial charge in [0.05, 0.1) is 12.6 Å². The Morgan fingerprint density at radius 2 is 2.08 bits per heavy atom. The summed E-state index contributed by atoms with van der Waals surface area (Å²) in [5, 5.41) is 10.2. The Morgan fingerprint density at radius 1 is 1.28 bits per heavy atom. The van der Waals surface area contributed by atoms with Gasteiger partial charge in [-0.25, -0.2) is 0 Å². The fourth-order valence-corrected chi connectivity index (χ4v) is 3.89. The molecular formula is C18H23N5OS. The quantitative estimate of drug-likeness (QED) is 0.780. The van der Waals surface area contributed by atoms with Crippen LogP contribution in [0.2, 0.25) is 0 Å². The summed E-state index contributed by atoms with van der Waals surface area (Å²) in [4.78, 5) is 15.0. The molecule has 1 aromatic carbocycles. The molecule has 2 heterocycles. The smallest absolute Gasteiger partial charge is 0.237 e. The molecule has 0 bridgehead atoms. The SMILES string of the molecule is O=C(NCc1n[nH]c(=S)n1C1CC1)C1CCCN1Cc1ccccc1. The van der Waals surface area contributed by atoms with Crippen molar-refractivity contribution in [2.75, 3.05) is 6.54 Å². The van der Waals surface area contributed by atoms with Crippen LogP contribution in [0, 0.1) is 4.77 Å². The van der Waals surface area contributed by atoms with Crippen molar-refractivity contribution in [3.8, 4) is 0 Å². The number of likely N-dealkylation sites (tertiary alicyclic amines) is 1. The fraction of sp³-hybridized carbons (Fsp3) is 0.500. The van der Waals surface area contributed by atoms with Crippen molar-refractivity contribution in [3.05, 3.63) is 46.5 Å². The fourth-order valence-electron chi connectivity index (χ4n) is 3.59. The van der Waals surface area contributed by atoms with Crippen LogP contribution in [0.15, 0.2) is 30.3 Å². The number of nitrogens with one attached hydrogen (secondary N) is 2. The van der Waals surface area contributed by atoms with E-state index in [1.807, 2.05) is 22.8 Å². The van der Waals surface area contributed by atoms with E-state index in [1.165, 1.54) is 5.56 Å². The lowest BCUT2D eigenvalue weighted by atomic mass is 10.1. The topological polar surface area (TPSA) is 66.0 Å². The van der Waals surface area contributed by atoms with Crippen LogP contribution in [0.25, 0.3) is 0 Å². The number of nitrogens with zero attached hydrogens (tertiary/aromatic N) is 3. The molecule has 1 saturated carbocycles. The van der Waals surface area contributed by atoms with Gasteiger partial charge in [0.15, 0.2) is 10.6 Å². The van der Waals surface area contributed by atoms with Crippen molar-refractivity contribution in [3.63, 3.8) is 0 Å². The van der Waals surface area contributed by atoms with Crippen LogP contribution in [0.1, 0.15) is 43.1 Å². The molecule has 2 fully saturated rings. The molecule has 1 unspecified atom stereocenters. The second-order valence-corrected chi connectivity index (χ2v) is 7.26. The van der Waals surface area contributed by atoms with Gasteiger partial charge in [0, 0.05) is 12.6 Å². The summed E-state index contributed by atoms with van der Waals surface area (Å²) in [6, 6.07) is 10.7. The molecule has 25 heavy (non-hydrogen) atoms. The molecule has 1 aliphatic heterocycles. The standard InChI is InChI=1S/C18H23N5OS/c24-17(19-11-16-20-21-18(25)23(16)14-8-9-14)15-7-4-10-22(15)12-13-5-2-1-3-6-13/h1-3,5-6,14-15H,4,7-12H2,(H,19,24)(H,21,25). The van der Waals surface area contributed by atoms with Gasteiger partial charge in [0.25, 0.3) is 0 Å². The predicted octanol–water partition coefficient (Wildman–Crippen LogP) is 2.56. The van der Waals surface area contributed by atoms with Crippen LogP contribution in [-0.2, 0) is 17.9 Å². The maximum absolute atomic E-state index is 12.7. The highest BCUT2D eigenvalue weighted by atomic mass is 32.1. The van der Waals surface area contributed by atoms with Crippen molar-refractivity contribution >= 4 is 18.1 Å². The maximum atomic E-state index is 12.7. The van der Waals surface area contributed by atoms with Crippen LogP contribution in [0.5, 0.6) is 0 Å². The van der Waals surface area contributed by atoms with Gasteiger partial charge in [-0.05, 0) is 50.0 Å². The largest absolute Gasteiger partial charge is 0.347 e. The number of hydrogen-bond donors (Lipinski definition) is 2. The van der Waals surface area contributed by atoms with Gasteiger partial charge in [0.2, 0.25) is 5.91 Å². The molecule has 1 saturated heterocycles. The van der Waals surface area contributed by atoms with Gasteiger partial charge in [-0.1, -0.05) is 30.3 Å². The van der Waals surface area contributed by atoms with Crippen LogP contribution < -0.4 is 5.32 Å². The summed E-state index contributed by atoms with van der Waals surface area (Å²) in [6.07, 6.45) is 4.25. The van der Waals surface area contributed by atoms with Crippen LogP contribution in [-0.4, -0.2) is 38.2 Å². The minimum absolute atomic E-state index is 0.0588. The highest BCUT2D eigenvalue weighted by Gasteiger charge is 2.31. The first-order valence-corrected chi connectivity index (χ1v) is 9.34. The lowest BCUT2D eigenvalue weighted by Crippen LogP contribution is -2.42. The van der Waals surface area contributed by atoms with Crippen LogP contribution in [0.3, 0.4) is 0 Å². The molecule has 6 nitrogen and oxygen atoms in total. The zero-order valence-electron chi connectivity index (χ0n) is 14.1. The minimum Gasteiger partial charge on any atom is -0.347 e. The number of aromatic nitrogens is 3. The summed E-state index contributed by atoms with van der Waals surface area (Å²) < 4.78 is 2.70. The first-order valence-electron chi connectivity index (χ1n) is 8.94. The molecule has 2 aromatic rings. The average molecular weight is 357 g/mol. The van der Waals surface area contributed by atoms with E-state index in [2.05, 4.69) is 32.5 Å². The molecule has 0 radical (unpaired) electrons. The zero-order valence-corrected chi connectivity index (χ0v) is 15.0. The summed E-state index contributed by atoms with van der Waals surface area (Å²) in [5.74, 6) is 0.915. The summed E-state index contributed by atoms with van der Waals surface area (Å²) in [5.41, 5.74) is 1.25. The number of rotatable bonds is 6. The number of aromatic amines is 1. The molecule has 0 spiro atoms. The Kier molecular flexibility index (Phi) is 4.67.